The van der Waals surface area contributed by atoms with Crippen LogP contribution in [0, 0.1) is 12.8 Å². The number of hydrogen-bond acceptors (Lipinski definition) is 3. The second-order valence-electron chi connectivity index (χ2n) is 7.98. The Labute approximate surface area is 179 Å². The van der Waals surface area contributed by atoms with E-state index in [1.807, 2.05) is 60.4 Å². The number of aryl methyl sites for hydroxylation is 1. The number of ether oxygens (including phenoxy) is 1. The van der Waals surface area contributed by atoms with Crippen LogP contribution in [-0.2, 0) is 16.1 Å². The van der Waals surface area contributed by atoms with Crippen LogP contribution in [0.25, 0.3) is 0 Å². The van der Waals surface area contributed by atoms with E-state index in [-0.39, 0.29) is 23.8 Å². The van der Waals surface area contributed by atoms with Gasteiger partial charge in [-0.15, -0.1) is 0 Å². The monoisotopic (exact) mass is 408 g/mol. The second kappa shape index (κ2) is 10.3. The number of carbonyl (C=O) groups is 2. The maximum absolute atomic E-state index is 13.3. The molecule has 0 unspecified atom stereocenters. The lowest BCUT2D eigenvalue weighted by Gasteiger charge is -2.41. The van der Waals surface area contributed by atoms with Gasteiger partial charge in [0.25, 0.3) is 0 Å². The lowest BCUT2D eigenvalue weighted by molar-refractivity contribution is -0.143. The molecule has 1 fully saturated rings. The van der Waals surface area contributed by atoms with Gasteiger partial charge in [0.05, 0.1) is 19.1 Å². The van der Waals surface area contributed by atoms with Gasteiger partial charge in [-0.3, -0.25) is 9.59 Å². The van der Waals surface area contributed by atoms with Crippen molar-refractivity contribution in [3.63, 3.8) is 0 Å². The van der Waals surface area contributed by atoms with Crippen molar-refractivity contribution < 1.29 is 14.3 Å². The van der Waals surface area contributed by atoms with Gasteiger partial charge in [0.15, 0.2) is 0 Å². The van der Waals surface area contributed by atoms with Gasteiger partial charge in [-0.2, -0.15) is 0 Å². The molecule has 2 amide bonds. The zero-order chi connectivity index (χ0) is 21.5. The fourth-order valence-corrected chi connectivity index (χ4v) is 4.14. The summed E-state index contributed by atoms with van der Waals surface area (Å²) in [5.74, 6) is 0.513. The van der Waals surface area contributed by atoms with E-state index in [4.69, 9.17) is 4.74 Å². The summed E-state index contributed by atoms with van der Waals surface area (Å²) in [6.45, 7) is 5.29. The fraction of sp³-hybridized carbons (Fsp3) is 0.440. The standard InChI is InChI=1S/C25H32N2O3/c1-4-5-16-27-23(28)15-14-21(24(27)20-8-6-7-9-22(20)30-3)25(29)26-17-19-12-10-18(2)11-13-19/h6-13,21,24H,4-5,14-17H2,1-3H3,(H,26,29)/t21-,24-/m1/s1. The predicted octanol–water partition coefficient (Wildman–Crippen LogP) is 4.40. The van der Waals surface area contributed by atoms with Gasteiger partial charge in [0.2, 0.25) is 11.8 Å². The number of unbranched alkanes of at least 4 members (excludes halogenated alkanes) is 1. The molecule has 2 atom stereocenters. The largest absolute Gasteiger partial charge is 0.496 e. The Balaban J connectivity index is 1.86. The molecular weight excluding hydrogens is 376 g/mol. The van der Waals surface area contributed by atoms with Gasteiger partial charge in [0.1, 0.15) is 5.75 Å². The number of amides is 2. The Hall–Kier alpha value is -2.82. The normalized spacial score (nSPS) is 18.9. The highest BCUT2D eigenvalue weighted by Gasteiger charge is 2.41. The summed E-state index contributed by atoms with van der Waals surface area (Å²) in [4.78, 5) is 28.0. The van der Waals surface area contributed by atoms with E-state index in [2.05, 4.69) is 12.2 Å². The van der Waals surface area contributed by atoms with E-state index in [0.717, 1.165) is 29.7 Å². The summed E-state index contributed by atoms with van der Waals surface area (Å²) in [6, 6.07) is 15.6. The first-order valence-electron chi connectivity index (χ1n) is 10.8. The van der Waals surface area contributed by atoms with Gasteiger partial charge >= 0.3 is 0 Å². The Kier molecular flexibility index (Phi) is 7.50. The fourth-order valence-electron chi connectivity index (χ4n) is 4.14. The number of carbonyl (C=O) groups excluding carboxylic acids is 2. The third-order valence-electron chi connectivity index (χ3n) is 5.84. The van der Waals surface area contributed by atoms with Crippen LogP contribution in [0.4, 0.5) is 0 Å². The maximum Gasteiger partial charge on any atom is 0.225 e. The average molecular weight is 409 g/mol. The molecule has 0 spiro atoms. The van der Waals surface area contributed by atoms with Crippen molar-refractivity contribution in [2.45, 2.75) is 52.1 Å². The summed E-state index contributed by atoms with van der Waals surface area (Å²) in [5, 5.41) is 3.10. The highest BCUT2D eigenvalue weighted by atomic mass is 16.5. The lowest BCUT2D eigenvalue weighted by atomic mass is 9.83. The first kappa shape index (κ1) is 21.9. The van der Waals surface area contributed by atoms with Crippen LogP contribution in [0.15, 0.2) is 48.5 Å². The van der Waals surface area contributed by atoms with Crippen LogP contribution in [0.5, 0.6) is 5.75 Å². The van der Waals surface area contributed by atoms with Gasteiger partial charge in [0, 0.05) is 25.1 Å². The van der Waals surface area contributed by atoms with Crippen molar-refractivity contribution in [2.24, 2.45) is 5.92 Å². The molecule has 30 heavy (non-hydrogen) atoms. The van der Waals surface area contributed by atoms with Crippen molar-refractivity contribution in [1.82, 2.24) is 10.2 Å². The molecule has 5 heteroatoms. The molecule has 0 radical (unpaired) electrons. The van der Waals surface area contributed by atoms with Crippen LogP contribution < -0.4 is 10.1 Å². The number of likely N-dealkylation sites (tertiary alicyclic amines) is 1. The molecule has 1 saturated heterocycles. The minimum absolute atomic E-state index is 0.0134. The van der Waals surface area contributed by atoms with Crippen LogP contribution in [0.3, 0.4) is 0 Å². The van der Waals surface area contributed by atoms with Crippen molar-refractivity contribution in [3.8, 4) is 5.75 Å². The predicted molar refractivity (Wildman–Crippen MR) is 118 cm³/mol. The van der Waals surface area contributed by atoms with Crippen molar-refractivity contribution in [1.29, 1.82) is 0 Å². The number of piperidine rings is 1. The minimum Gasteiger partial charge on any atom is -0.496 e. The van der Waals surface area contributed by atoms with Crippen LogP contribution in [-0.4, -0.2) is 30.4 Å². The molecular formula is C25H32N2O3. The molecule has 1 aliphatic heterocycles. The highest BCUT2D eigenvalue weighted by Crippen LogP contribution is 2.40. The molecule has 160 valence electrons. The SMILES string of the molecule is CCCCN1C(=O)CC[C@@H](C(=O)NCc2ccc(C)cc2)[C@H]1c1ccccc1OC. The first-order valence-corrected chi connectivity index (χ1v) is 10.8. The quantitative estimate of drug-likeness (QED) is 0.704. The van der Waals surface area contributed by atoms with Crippen LogP contribution >= 0.6 is 0 Å². The number of hydrogen-bond donors (Lipinski definition) is 1. The number of nitrogens with zero attached hydrogens (tertiary/aromatic N) is 1. The minimum atomic E-state index is -0.313. The number of benzene rings is 2. The zero-order valence-electron chi connectivity index (χ0n) is 18.2. The Morgan fingerprint density at radius 3 is 2.60 bits per heavy atom. The molecule has 5 nitrogen and oxygen atoms in total. The number of methoxy groups -OCH3 is 1. The third-order valence-corrected chi connectivity index (χ3v) is 5.84. The first-order chi connectivity index (χ1) is 14.5. The second-order valence-corrected chi connectivity index (χ2v) is 7.98. The van der Waals surface area contributed by atoms with E-state index in [1.165, 1.54) is 5.56 Å². The number of nitrogens with one attached hydrogen (secondary N) is 1. The molecule has 0 aliphatic carbocycles. The smallest absolute Gasteiger partial charge is 0.225 e. The van der Waals surface area contributed by atoms with Gasteiger partial charge in [-0.1, -0.05) is 61.4 Å². The van der Waals surface area contributed by atoms with Gasteiger partial charge in [-0.05, 0) is 31.4 Å². The summed E-state index contributed by atoms with van der Waals surface area (Å²) in [7, 11) is 1.63. The van der Waals surface area contributed by atoms with Crippen molar-refractivity contribution in [3.05, 3.63) is 65.2 Å². The van der Waals surface area contributed by atoms with E-state index in [9.17, 15) is 9.59 Å². The molecule has 2 aromatic rings. The molecule has 2 aromatic carbocycles. The Morgan fingerprint density at radius 2 is 1.90 bits per heavy atom. The highest BCUT2D eigenvalue weighted by molar-refractivity contribution is 5.85. The van der Waals surface area contributed by atoms with Crippen molar-refractivity contribution >= 4 is 11.8 Å². The van der Waals surface area contributed by atoms with Gasteiger partial charge in [-0.25, -0.2) is 0 Å². The van der Waals surface area contributed by atoms with E-state index in [0.29, 0.717) is 25.9 Å². The van der Waals surface area contributed by atoms with E-state index >= 15 is 0 Å². The zero-order valence-corrected chi connectivity index (χ0v) is 18.2. The number of rotatable bonds is 8. The molecule has 1 aliphatic rings. The Bertz CT molecular complexity index is 863. The molecule has 3 rings (SSSR count). The maximum atomic E-state index is 13.3. The molecule has 1 N–H and O–H groups in total. The molecule has 0 aromatic heterocycles. The lowest BCUT2D eigenvalue weighted by Crippen LogP contribution is -2.48. The molecule has 0 bridgehead atoms. The van der Waals surface area contributed by atoms with E-state index < -0.39 is 0 Å². The average Bonchev–Trinajstić information content (AvgIpc) is 2.77. The summed E-state index contributed by atoms with van der Waals surface area (Å²) in [6.07, 6.45) is 2.85. The molecule has 0 saturated carbocycles. The van der Waals surface area contributed by atoms with Crippen molar-refractivity contribution in [2.75, 3.05) is 13.7 Å². The Morgan fingerprint density at radius 1 is 1.17 bits per heavy atom. The topological polar surface area (TPSA) is 58.6 Å². The van der Waals surface area contributed by atoms with Crippen LogP contribution in [0.2, 0.25) is 0 Å². The summed E-state index contributed by atoms with van der Waals surface area (Å²) >= 11 is 0. The number of para-hydroxylation sites is 1. The third kappa shape index (κ3) is 5.02. The summed E-state index contributed by atoms with van der Waals surface area (Å²) < 4.78 is 5.59. The molecule has 1 heterocycles. The van der Waals surface area contributed by atoms with E-state index in [1.54, 1.807) is 7.11 Å². The van der Waals surface area contributed by atoms with Crippen LogP contribution in [0.1, 0.15) is 55.3 Å². The van der Waals surface area contributed by atoms with Gasteiger partial charge < -0.3 is 15.0 Å². The summed E-state index contributed by atoms with van der Waals surface area (Å²) in [5.41, 5.74) is 3.16.